The first-order chi connectivity index (χ1) is 14.0. The van der Waals surface area contributed by atoms with Crippen LogP contribution in [0.25, 0.3) is 0 Å². The van der Waals surface area contributed by atoms with Crippen LogP contribution in [0.3, 0.4) is 0 Å². The van der Waals surface area contributed by atoms with Gasteiger partial charge in [-0.3, -0.25) is 9.52 Å². The van der Waals surface area contributed by atoms with Crippen molar-refractivity contribution in [2.75, 3.05) is 11.3 Å². The van der Waals surface area contributed by atoms with E-state index >= 15 is 0 Å². The van der Waals surface area contributed by atoms with Crippen molar-refractivity contribution in [3.63, 3.8) is 0 Å². The summed E-state index contributed by atoms with van der Waals surface area (Å²) in [5.74, 6) is -1.13. The molecule has 7 nitrogen and oxygen atoms in total. The van der Waals surface area contributed by atoms with E-state index in [1.54, 1.807) is 17.0 Å². The number of hydrogen-bond donors (Lipinski definition) is 1. The summed E-state index contributed by atoms with van der Waals surface area (Å²) in [6.45, 7) is 7.07. The summed E-state index contributed by atoms with van der Waals surface area (Å²) >= 11 is 5.80. The van der Waals surface area contributed by atoms with Gasteiger partial charge in [0.1, 0.15) is 0 Å². The number of carbonyl (C=O) groups excluding carboxylic acids is 2. The van der Waals surface area contributed by atoms with E-state index in [9.17, 15) is 18.0 Å². The Balaban J connectivity index is 2.17. The van der Waals surface area contributed by atoms with Gasteiger partial charge in [-0.2, -0.15) is 0 Å². The Morgan fingerprint density at radius 1 is 1.00 bits per heavy atom. The highest BCUT2D eigenvalue weighted by Gasteiger charge is 2.23. The van der Waals surface area contributed by atoms with Crippen LogP contribution in [0.5, 0.6) is 0 Å². The number of benzene rings is 2. The molecule has 0 radical (unpaired) electrons. The predicted molar refractivity (Wildman–Crippen MR) is 116 cm³/mol. The summed E-state index contributed by atoms with van der Waals surface area (Å²) in [7, 11) is -3.94. The van der Waals surface area contributed by atoms with Gasteiger partial charge in [0.25, 0.3) is 15.9 Å². The molecule has 0 aromatic heterocycles. The highest BCUT2D eigenvalue weighted by molar-refractivity contribution is 7.92. The molecule has 0 spiro atoms. The van der Waals surface area contributed by atoms with Gasteiger partial charge in [0.05, 0.1) is 16.1 Å². The maximum Gasteiger partial charge on any atom is 0.340 e. The first kappa shape index (κ1) is 23.7. The molecule has 0 aliphatic rings. The number of halogens is 1. The van der Waals surface area contributed by atoms with Gasteiger partial charge in [0, 0.05) is 17.1 Å². The number of nitrogens with one attached hydrogen (secondary N) is 1. The quantitative estimate of drug-likeness (QED) is 0.612. The lowest BCUT2D eigenvalue weighted by atomic mass is 10.2. The molecule has 9 heteroatoms. The Hall–Kier alpha value is -2.58. The minimum atomic E-state index is -3.94. The molecule has 0 aliphatic carbocycles. The summed E-state index contributed by atoms with van der Waals surface area (Å²) in [5, 5.41) is 0.402. The van der Waals surface area contributed by atoms with E-state index in [0.29, 0.717) is 5.02 Å². The van der Waals surface area contributed by atoms with Crippen molar-refractivity contribution in [2.45, 2.75) is 44.7 Å². The molecule has 2 aromatic rings. The predicted octanol–water partition coefficient (Wildman–Crippen LogP) is 3.94. The van der Waals surface area contributed by atoms with Crippen molar-refractivity contribution in [3.05, 3.63) is 59.1 Å². The summed E-state index contributed by atoms with van der Waals surface area (Å²) < 4.78 is 32.8. The minimum absolute atomic E-state index is 0.00322. The fraction of sp³-hybridized carbons (Fsp3) is 0.333. The number of hydrogen-bond acceptors (Lipinski definition) is 5. The number of amides is 1. The molecule has 0 aliphatic heterocycles. The van der Waals surface area contributed by atoms with E-state index < -0.39 is 22.6 Å². The minimum Gasteiger partial charge on any atom is -0.452 e. The number of esters is 1. The average molecular weight is 453 g/mol. The van der Waals surface area contributed by atoms with E-state index in [1.165, 1.54) is 36.4 Å². The maximum atomic E-state index is 12.6. The normalized spacial score (nSPS) is 11.4. The van der Waals surface area contributed by atoms with E-state index in [1.807, 2.05) is 27.7 Å². The Morgan fingerprint density at radius 3 is 2.13 bits per heavy atom. The third-order valence-corrected chi connectivity index (χ3v) is 5.88. The van der Waals surface area contributed by atoms with Gasteiger partial charge in [-0.25, -0.2) is 13.2 Å². The second kappa shape index (κ2) is 9.95. The highest BCUT2D eigenvalue weighted by atomic mass is 35.5. The monoisotopic (exact) mass is 452 g/mol. The van der Waals surface area contributed by atoms with Crippen LogP contribution in [0.2, 0.25) is 5.02 Å². The zero-order valence-corrected chi connectivity index (χ0v) is 18.8. The fourth-order valence-corrected chi connectivity index (χ4v) is 4.23. The summed E-state index contributed by atoms with van der Waals surface area (Å²) in [4.78, 5) is 26.6. The number of ether oxygens (including phenoxy) is 1. The third kappa shape index (κ3) is 5.96. The molecule has 1 N–H and O–H groups in total. The summed E-state index contributed by atoms with van der Waals surface area (Å²) in [6, 6.07) is 11.6. The van der Waals surface area contributed by atoms with E-state index in [4.69, 9.17) is 16.3 Å². The van der Waals surface area contributed by atoms with Gasteiger partial charge >= 0.3 is 5.97 Å². The number of sulfonamides is 1. The molecule has 0 heterocycles. The molecular formula is C21H25ClN2O5S. The van der Waals surface area contributed by atoms with Gasteiger partial charge < -0.3 is 9.64 Å². The molecule has 1 amide bonds. The fourth-order valence-electron chi connectivity index (χ4n) is 3.02. The van der Waals surface area contributed by atoms with Crippen molar-refractivity contribution in [3.8, 4) is 0 Å². The molecule has 30 heavy (non-hydrogen) atoms. The number of carbonyl (C=O) groups is 2. The van der Waals surface area contributed by atoms with Gasteiger partial charge in [0.2, 0.25) is 0 Å². The number of nitrogens with zero attached hydrogens (tertiary/aromatic N) is 1. The van der Waals surface area contributed by atoms with Crippen molar-refractivity contribution >= 4 is 39.2 Å². The number of anilines is 1. The van der Waals surface area contributed by atoms with Crippen LogP contribution in [-0.4, -0.2) is 43.9 Å². The zero-order valence-electron chi connectivity index (χ0n) is 17.3. The van der Waals surface area contributed by atoms with Gasteiger partial charge in [-0.15, -0.1) is 0 Å². The van der Waals surface area contributed by atoms with Crippen LogP contribution >= 0.6 is 11.6 Å². The molecule has 0 bridgehead atoms. The SMILES string of the molecule is CC(C)N(C(=O)COC(=O)c1ccccc1NS(=O)(=O)c1ccc(Cl)cc1)C(C)C. The Bertz CT molecular complexity index is 996. The molecule has 0 unspecified atom stereocenters. The van der Waals surface area contributed by atoms with Gasteiger partial charge in [-0.1, -0.05) is 23.7 Å². The van der Waals surface area contributed by atoms with Gasteiger partial charge in [0.15, 0.2) is 6.61 Å². The Morgan fingerprint density at radius 2 is 1.57 bits per heavy atom. The van der Waals surface area contributed by atoms with Crippen LogP contribution in [0.15, 0.2) is 53.4 Å². The van der Waals surface area contributed by atoms with E-state index in [0.717, 1.165) is 0 Å². The molecule has 2 aromatic carbocycles. The second-order valence-electron chi connectivity index (χ2n) is 7.17. The van der Waals surface area contributed by atoms with Crippen molar-refractivity contribution in [2.24, 2.45) is 0 Å². The Labute approximate surface area is 182 Å². The van der Waals surface area contributed by atoms with Crippen LogP contribution in [0, 0.1) is 0 Å². The van der Waals surface area contributed by atoms with Gasteiger partial charge in [-0.05, 0) is 64.1 Å². The van der Waals surface area contributed by atoms with Crippen molar-refractivity contribution < 1.29 is 22.7 Å². The highest BCUT2D eigenvalue weighted by Crippen LogP contribution is 2.22. The second-order valence-corrected chi connectivity index (χ2v) is 9.29. The number of rotatable bonds is 8. The van der Waals surface area contributed by atoms with Crippen LogP contribution < -0.4 is 4.72 Å². The molecule has 2 rings (SSSR count). The smallest absolute Gasteiger partial charge is 0.340 e. The standard InChI is InChI=1S/C21H25ClN2O5S/c1-14(2)24(15(3)4)20(25)13-29-21(26)18-7-5-6-8-19(18)23-30(27,28)17-11-9-16(22)10-12-17/h5-12,14-15,23H,13H2,1-4H3. The van der Waals surface area contributed by atoms with Crippen molar-refractivity contribution in [1.82, 2.24) is 4.90 Å². The first-order valence-corrected chi connectivity index (χ1v) is 11.2. The van der Waals surface area contributed by atoms with E-state index in [2.05, 4.69) is 4.72 Å². The van der Waals surface area contributed by atoms with Crippen LogP contribution in [0.4, 0.5) is 5.69 Å². The van der Waals surface area contributed by atoms with Crippen LogP contribution in [0.1, 0.15) is 38.1 Å². The zero-order chi connectivity index (χ0) is 22.5. The summed E-state index contributed by atoms with van der Waals surface area (Å²) in [5.41, 5.74) is 0.0537. The van der Waals surface area contributed by atoms with E-state index in [-0.39, 0.29) is 34.1 Å². The average Bonchev–Trinajstić information content (AvgIpc) is 2.66. The lowest BCUT2D eigenvalue weighted by Crippen LogP contribution is -2.44. The first-order valence-electron chi connectivity index (χ1n) is 9.38. The molecular weight excluding hydrogens is 428 g/mol. The Kier molecular flexibility index (Phi) is 7.86. The summed E-state index contributed by atoms with van der Waals surface area (Å²) in [6.07, 6.45) is 0. The molecule has 0 atom stereocenters. The van der Waals surface area contributed by atoms with Crippen LogP contribution in [-0.2, 0) is 19.6 Å². The largest absolute Gasteiger partial charge is 0.452 e. The topological polar surface area (TPSA) is 92.8 Å². The molecule has 0 saturated heterocycles. The molecule has 0 saturated carbocycles. The lowest BCUT2D eigenvalue weighted by molar-refractivity contribution is -0.138. The molecule has 0 fully saturated rings. The maximum absolute atomic E-state index is 12.6. The third-order valence-electron chi connectivity index (χ3n) is 4.24. The number of para-hydroxylation sites is 1. The lowest BCUT2D eigenvalue weighted by Gasteiger charge is -2.30. The molecule has 162 valence electrons. The van der Waals surface area contributed by atoms with Crippen molar-refractivity contribution in [1.29, 1.82) is 0 Å².